The van der Waals surface area contributed by atoms with Gasteiger partial charge in [0.15, 0.2) is 5.95 Å². The molecule has 1 unspecified atom stereocenters. The molecule has 0 amide bonds. The molecular weight excluding hydrogens is 462 g/mol. The molecule has 0 saturated heterocycles. The van der Waals surface area contributed by atoms with Crippen LogP contribution < -0.4 is 10.5 Å². The second-order valence-corrected chi connectivity index (χ2v) is 8.88. The standard InChI is InChI=1S/C27H28BrN3O/c1-32-24-15-11-22(12-16-24)25(18-21-9-13-23(28)14-10-21)26-19-31(27(29)30-26)17-5-8-20-6-3-2-4-7-20/h2-4,6-7,9-16,19,25H,5,8,17-18H2,1H3,(H2,29,30). The number of aryl methyl sites for hydroxylation is 2. The normalized spacial score (nSPS) is 11.9. The number of nitrogens with zero attached hydrogens (tertiary/aromatic N) is 2. The molecule has 5 heteroatoms. The number of aromatic nitrogens is 2. The molecule has 0 radical (unpaired) electrons. The molecule has 0 spiro atoms. The third kappa shape index (κ3) is 5.60. The van der Waals surface area contributed by atoms with Gasteiger partial charge < -0.3 is 15.0 Å². The average molecular weight is 490 g/mol. The predicted octanol–water partition coefficient (Wildman–Crippen LogP) is 6.24. The Kier molecular flexibility index (Phi) is 7.28. The molecule has 0 aliphatic rings. The van der Waals surface area contributed by atoms with Crippen LogP contribution in [-0.4, -0.2) is 16.7 Å². The molecule has 1 aromatic heterocycles. The number of ether oxygens (including phenoxy) is 1. The van der Waals surface area contributed by atoms with Crippen molar-refractivity contribution >= 4 is 21.9 Å². The van der Waals surface area contributed by atoms with E-state index >= 15 is 0 Å². The van der Waals surface area contributed by atoms with Gasteiger partial charge in [-0.05, 0) is 60.2 Å². The van der Waals surface area contributed by atoms with Crippen LogP contribution in [0.25, 0.3) is 0 Å². The first kappa shape index (κ1) is 22.2. The Balaban J connectivity index is 1.55. The molecule has 164 valence electrons. The monoisotopic (exact) mass is 489 g/mol. The van der Waals surface area contributed by atoms with E-state index in [2.05, 4.69) is 87.4 Å². The molecule has 4 rings (SSSR count). The van der Waals surface area contributed by atoms with Gasteiger partial charge in [0, 0.05) is 23.1 Å². The number of halogens is 1. The Morgan fingerprint density at radius 1 is 0.938 bits per heavy atom. The number of hydrogen-bond acceptors (Lipinski definition) is 3. The summed E-state index contributed by atoms with van der Waals surface area (Å²) in [7, 11) is 1.69. The molecule has 2 N–H and O–H groups in total. The van der Waals surface area contributed by atoms with Crippen LogP contribution >= 0.6 is 15.9 Å². The SMILES string of the molecule is COc1ccc(C(Cc2ccc(Br)cc2)c2cn(CCCc3ccccc3)c(N)n2)cc1. The van der Waals surface area contributed by atoms with Crippen molar-refractivity contribution in [3.8, 4) is 5.75 Å². The van der Waals surface area contributed by atoms with Gasteiger partial charge in [-0.3, -0.25) is 0 Å². The summed E-state index contributed by atoms with van der Waals surface area (Å²) in [5.74, 6) is 1.53. The highest BCUT2D eigenvalue weighted by Crippen LogP contribution is 2.30. The molecular formula is C27H28BrN3O. The molecule has 1 atom stereocenters. The summed E-state index contributed by atoms with van der Waals surface area (Å²) >= 11 is 3.53. The van der Waals surface area contributed by atoms with Crippen molar-refractivity contribution in [3.63, 3.8) is 0 Å². The third-order valence-corrected chi connectivity index (χ3v) is 6.29. The summed E-state index contributed by atoms with van der Waals surface area (Å²) < 4.78 is 8.50. The van der Waals surface area contributed by atoms with Crippen molar-refractivity contribution < 1.29 is 4.74 Å². The van der Waals surface area contributed by atoms with Crippen LogP contribution in [0.4, 0.5) is 5.95 Å². The van der Waals surface area contributed by atoms with Gasteiger partial charge >= 0.3 is 0 Å². The lowest BCUT2D eigenvalue weighted by Gasteiger charge is -2.16. The number of anilines is 1. The van der Waals surface area contributed by atoms with E-state index in [0.717, 1.165) is 41.7 Å². The highest BCUT2D eigenvalue weighted by molar-refractivity contribution is 9.10. The zero-order chi connectivity index (χ0) is 22.3. The number of imidazole rings is 1. The highest BCUT2D eigenvalue weighted by atomic mass is 79.9. The molecule has 0 aliphatic carbocycles. The largest absolute Gasteiger partial charge is 0.497 e. The predicted molar refractivity (Wildman–Crippen MR) is 134 cm³/mol. The van der Waals surface area contributed by atoms with E-state index in [1.807, 2.05) is 18.2 Å². The van der Waals surface area contributed by atoms with Crippen LogP contribution in [0.5, 0.6) is 5.75 Å². The molecule has 3 aromatic carbocycles. The van der Waals surface area contributed by atoms with Crippen molar-refractivity contribution in [3.05, 3.63) is 112 Å². The van der Waals surface area contributed by atoms with E-state index in [1.165, 1.54) is 16.7 Å². The summed E-state index contributed by atoms with van der Waals surface area (Å²) in [5.41, 5.74) is 11.1. The quantitative estimate of drug-likeness (QED) is 0.302. The van der Waals surface area contributed by atoms with Gasteiger partial charge in [0.05, 0.1) is 12.8 Å². The van der Waals surface area contributed by atoms with E-state index in [-0.39, 0.29) is 5.92 Å². The summed E-state index contributed by atoms with van der Waals surface area (Å²) in [6.45, 7) is 0.849. The molecule has 4 aromatic rings. The first-order valence-electron chi connectivity index (χ1n) is 10.9. The van der Waals surface area contributed by atoms with Gasteiger partial charge in [-0.2, -0.15) is 0 Å². The lowest BCUT2D eigenvalue weighted by molar-refractivity contribution is 0.414. The van der Waals surface area contributed by atoms with E-state index in [1.54, 1.807) is 7.11 Å². The van der Waals surface area contributed by atoms with Gasteiger partial charge in [0.1, 0.15) is 5.75 Å². The lowest BCUT2D eigenvalue weighted by Crippen LogP contribution is -2.06. The van der Waals surface area contributed by atoms with Gasteiger partial charge in [0.2, 0.25) is 0 Å². The fourth-order valence-corrected chi connectivity index (χ4v) is 4.25. The molecule has 0 fully saturated rings. The maximum atomic E-state index is 6.32. The second kappa shape index (κ2) is 10.5. The van der Waals surface area contributed by atoms with Crippen LogP contribution in [-0.2, 0) is 19.4 Å². The van der Waals surface area contributed by atoms with Crippen LogP contribution in [0.1, 0.15) is 34.7 Å². The zero-order valence-corrected chi connectivity index (χ0v) is 19.8. The first-order chi connectivity index (χ1) is 15.6. The topological polar surface area (TPSA) is 53.1 Å². The molecule has 0 saturated carbocycles. The maximum absolute atomic E-state index is 6.32. The Labute approximate surface area is 198 Å². The number of benzene rings is 3. The molecule has 32 heavy (non-hydrogen) atoms. The van der Waals surface area contributed by atoms with Crippen molar-refractivity contribution in [1.29, 1.82) is 0 Å². The third-order valence-electron chi connectivity index (χ3n) is 5.76. The van der Waals surface area contributed by atoms with Crippen molar-refractivity contribution in [1.82, 2.24) is 9.55 Å². The Hall–Kier alpha value is -3.05. The van der Waals surface area contributed by atoms with Crippen LogP contribution in [0.3, 0.4) is 0 Å². The minimum atomic E-state index is 0.111. The summed E-state index contributed by atoms with van der Waals surface area (Å²) in [4.78, 5) is 4.77. The minimum Gasteiger partial charge on any atom is -0.497 e. The van der Waals surface area contributed by atoms with Gasteiger partial charge in [-0.25, -0.2) is 4.98 Å². The smallest absolute Gasteiger partial charge is 0.200 e. The molecule has 4 nitrogen and oxygen atoms in total. The molecule has 0 aliphatic heterocycles. The minimum absolute atomic E-state index is 0.111. The van der Waals surface area contributed by atoms with Gasteiger partial charge in [-0.15, -0.1) is 0 Å². The number of methoxy groups -OCH3 is 1. The fourth-order valence-electron chi connectivity index (χ4n) is 3.98. The van der Waals surface area contributed by atoms with Crippen molar-refractivity contribution in [2.45, 2.75) is 31.7 Å². The summed E-state index contributed by atoms with van der Waals surface area (Å²) in [5, 5.41) is 0. The van der Waals surface area contributed by atoms with E-state index in [4.69, 9.17) is 15.5 Å². The number of nitrogen functional groups attached to an aromatic ring is 1. The van der Waals surface area contributed by atoms with Crippen LogP contribution in [0.2, 0.25) is 0 Å². The van der Waals surface area contributed by atoms with Crippen molar-refractivity contribution in [2.75, 3.05) is 12.8 Å². The number of rotatable bonds is 9. The summed E-state index contributed by atoms with van der Waals surface area (Å²) in [6, 6.07) is 27.3. The lowest BCUT2D eigenvalue weighted by atomic mass is 9.89. The molecule has 0 bridgehead atoms. The van der Waals surface area contributed by atoms with Gasteiger partial charge in [-0.1, -0.05) is 70.5 Å². The van der Waals surface area contributed by atoms with Gasteiger partial charge in [0.25, 0.3) is 0 Å². The fraction of sp³-hybridized carbons (Fsp3) is 0.222. The Bertz CT molecular complexity index is 1120. The Morgan fingerprint density at radius 3 is 2.34 bits per heavy atom. The van der Waals surface area contributed by atoms with E-state index in [9.17, 15) is 0 Å². The van der Waals surface area contributed by atoms with E-state index in [0.29, 0.717) is 5.95 Å². The number of hydrogen-bond donors (Lipinski definition) is 1. The van der Waals surface area contributed by atoms with E-state index < -0.39 is 0 Å². The second-order valence-electron chi connectivity index (χ2n) is 7.96. The number of nitrogens with two attached hydrogens (primary N) is 1. The summed E-state index contributed by atoms with van der Waals surface area (Å²) in [6.07, 6.45) is 5.01. The average Bonchev–Trinajstić information content (AvgIpc) is 3.19. The maximum Gasteiger partial charge on any atom is 0.200 e. The highest BCUT2D eigenvalue weighted by Gasteiger charge is 2.20. The van der Waals surface area contributed by atoms with Crippen LogP contribution in [0, 0.1) is 0 Å². The van der Waals surface area contributed by atoms with Crippen LogP contribution in [0.15, 0.2) is 89.5 Å². The zero-order valence-electron chi connectivity index (χ0n) is 18.2. The van der Waals surface area contributed by atoms with Crippen molar-refractivity contribution in [2.24, 2.45) is 0 Å². The Morgan fingerprint density at radius 2 is 1.66 bits per heavy atom. The first-order valence-corrected chi connectivity index (χ1v) is 11.7. The molecule has 1 heterocycles.